The third kappa shape index (κ3) is 7.13. The van der Waals surface area contributed by atoms with Crippen LogP contribution in [0, 0.1) is 5.92 Å². The van der Waals surface area contributed by atoms with Crippen molar-refractivity contribution in [3.8, 4) is 0 Å². The van der Waals surface area contributed by atoms with Gasteiger partial charge in [-0.3, -0.25) is 24.6 Å². The summed E-state index contributed by atoms with van der Waals surface area (Å²) in [6.07, 6.45) is 13.6. The second kappa shape index (κ2) is 14.7. The van der Waals surface area contributed by atoms with E-state index in [9.17, 15) is 14.4 Å². The Morgan fingerprint density at radius 1 is 0.942 bits per heavy atom. The Morgan fingerprint density at radius 2 is 1.75 bits per heavy atom. The fraction of sp³-hybridized carbons (Fsp3) is 0.500. The van der Waals surface area contributed by atoms with Crippen molar-refractivity contribution in [2.24, 2.45) is 5.92 Å². The zero-order chi connectivity index (χ0) is 35.8. The lowest BCUT2D eigenvalue weighted by molar-refractivity contribution is -0.134. The molecule has 12 nitrogen and oxygen atoms in total. The number of aryl methyl sites for hydroxylation is 1. The molecule has 6 heterocycles. The normalized spacial score (nSPS) is 20.7. The number of fused-ring (bicyclic) bond motifs is 1. The maximum atomic E-state index is 13.1. The first-order valence-electron chi connectivity index (χ1n) is 19.0. The highest BCUT2D eigenvalue weighted by Gasteiger charge is 2.34. The summed E-state index contributed by atoms with van der Waals surface area (Å²) in [7, 11) is 3.58. The summed E-state index contributed by atoms with van der Waals surface area (Å²) < 4.78 is 2.13. The van der Waals surface area contributed by atoms with Crippen molar-refractivity contribution in [3.05, 3.63) is 71.7 Å². The Morgan fingerprint density at radius 3 is 2.48 bits per heavy atom. The molecule has 8 rings (SSSR count). The first-order valence-corrected chi connectivity index (χ1v) is 19.0. The number of imide groups is 1. The molecule has 12 heteroatoms. The molecule has 0 radical (unpaired) electrons. The molecule has 0 bridgehead atoms. The topological polar surface area (TPSA) is 129 Å². The summed E-state index contributed by atoms with van der Waals surface area (Å²) in [6, 6.07) is 15.3. The van der Waals surface area contributed by atoms with Gasteiger partial charge in [0.2, 0.25) is 17.8 Å². The van der Waals surface area contributed by atoms with E-state index in [2.05, 4.69) is 48.2 Å². The van der Waals surface area contributed by atoms with Gasteiger partial charge in [-0.1, -0.05) is 37.1 Å². The van der Waals surface area contributed by atoms with Gasteiger partial charge in [-0.25, -0.2) is 9.97 Å². The SMILES string of the molecule is CN(C)C(=O)c1cc2cnc(Nc3ccc(N4CCC(N5CC(CCc6cccc(C7CCC(=O)NC7=O)c6)C5)CC4)cn3)nc2n1C1CCCC1. The monoisotopic (exact) mass is 703 g/mol. The van der Waals surface area contributed by atoms with Crippen LogP contribution in [0.15, 0.2) is 54.9 Å². The summed E-state index contributed by atoms with van der Waals surface area (Å²) in [4.78, 5) is 57.8. The number of aromatic nitrogens is 4. The lowest BCUT2D eigenvalue weighted by atomic mass is 9.87. The Kier molecular flexibility index (Phi) is 9.65. The van der Waals surface area contributed by atoms with Gasteiger partial charge in [-0.15, -0.1) is 0 Å². The number of anilines is 3. The van der Waals surface area contributed by atoms with Crippen LogP contribution in [0.25, 0.3) is 11.0 Å². The molecule has 3 amide bonds. The number of rotatable bonds is 10. The number of hydrogen-bond acceptors (Lipinski definition) is 9. The molecule has 1 atom stereocenters. The predicted octanol–water partition coefficient (Wildman–Crippen LogP) is 5.44. The number of pyridine rings is 1. The predicted molar refractivity (Wildman–Crippen MR) is 201 cm³/mol. The van der Waals surface area contributed by atoms with Crippen molar-refractivity contribution in [3.63, 3.8) is 0 Å². The number of carbonyl (C=O) groups excluding carboxylic acids is 3. The quantitative estimate of drug-likeness (QED) is 0.208. The second-order valence-corrected chi connectivity index (χ2v) is 15.4. The molecule has 1 aromatic carbocycles. The summed E-state index contributed by atoms with van der Waals surface area (Å²) in [5.74, 6) is 1.30. The summed E-state index contributed by atoms with van der Waals surface area (Å²) >= 11 is 0. The highest BCUT2D eigenvalue weighted by molar-refractivity contribution is 6.01. The van der Waals surface area contributed by atoms with Crippen molar-refractivity contribution in [1.82, 2.24) is 34.6 Å². The molecular weight excluding hydrogens is 654 g/mol. The van der Waals surface area contributed by atoms with Crippen LogP contribution in [-0.4, -0.2) is 93.4 Å². The van der Waals surface area contributed by atoms with E-state index in [1.807, 2.05) is 30.5 Å². The number of piperidine rings is 2. The number of nitrogens with one attached hydrogen (secondary N) is 2. The van der Waals surface area contributed by atoms with Crippen LogP contribution in [0.5, 0.6) is 0 Å². The van der Waals surface area contributed by atoms with E-state index in [1.54, 1.807) is 25.2 Å². The van der Waals surface area contributed by atoms with Crippen molar-refractivity contribution in [2.75, 3.05) is 50.5 Å². The zero-order valence-electron chi connectivity index (χ0n) is 30.3. The number of likely N-dealkylation sites (tertiary alicyclic amines) is 1. The number of benzene rings is 1. The van der Waals surface area contributed by atoms with E-state index in [0.717, 1.165) is 99.8 Å². The maximum Gasteiger partial charge on any atom is 0.270 e. The Bertz CT molecular complexity index is 1940. The number of carbonyl (C=O) groups is 3. The number of nitrogens with zero attached hydrogens (tertiary/aromatic N) is 7. The van der Waals surface area contributed by atoms with E-state index in [1.165, 1.54) is 5.56 Å². The van der Waals surface area contributed by atoms with Crippen LogP contribution in [0.4, 0.5) is 17.5 Å². The molecule has 272 valence electrons. The molecule has 1 unspecified atom stereocenters. The summed E-state index contributed by atoms with van der Waals surface area (Å²) in [5.41, 5.74) is 4.89. The van der Waals surface area contributed by atoms with Gasteiger partial charge in [-0.05, 0) is 80.2 Å². The van der Waals surface area contributed by atoms with Gasteiger partial charge in [0.25, 0.3) is 5.91 Å². The van der Waals surface area contributed by atoms with Crippen LogP contribution in [0.2, 0.25) is 0 Å². The Labute approximate surface area is 305 Å². The minimum atomic E-state index is -0.222. The zero-order valence-corrected chi connectivity index (χ0v) is 30.3. The largest absolute Gasteiger partial charge is 0.370 e. The van der Waals surface area contributed by atoms with Crippen LogP contribution in [-0.2, 0) is 16.0 Å². The highest BCUT2D eigenvalue weighted by atomic mass is 16.2. The molecule has 3 aliphatic heterocycles. The first kappa shape index (κ1) is 34.3. The van der Waals surface area contributed by atoms with Crippen molar-refractivity contribution in [1.29, 1.82) is 0 Å². The standard InChI is InChI=1S/C40H49N9O3/c1-46(2)39(52)34-21-29-22-42-40(45-37(29)49(34)31-8-3-4-9-31)43-35-14-12-32(23-41-35)47-18-16-30(17-19-47)48-24-27(25-48)11-10-26-6-5-7-28(20-26)33-13-15-36(50)44-38(33)51/h5-7,12,14,20-23,27,30-31,33H,3-4,8-11,13,15-19,24-25H2,1-2H3,(H,44,50,51)(H,41,42,43,45). The second-order valence-electron chi connectivity index (χ2n) is 15.4. The van der Waals surface area contributed by atoms with Crippen molar-refractivity contribution in [2.45, 2.75) is 82.2 Å². The number of amides is 3. The lowest BCUT2D eigenvalue weighted by Gasteiger charge is -2.47. The molecule has 1 aliphatic carbocycles. The summed E-state index contributed by atoms with van der Waals surface area (Å²) in [5, 5.41) is 6.65. The van der Waals surface area contributed by atoms with Gasteiger partial charge in [0, 0.05) is 70.4 Å². The molecule has 0 spiro atoms. The Hall–Kier alpha value is -4.84. The third-order valence-corrected chi connectivity index (χ3v) is 11.6. The van der Waals surface area contributed by atoms with Crippen LogP contribution < -0.4 is 15.5 Å². The molecular formula is C40H49N9O3. The highest BCUT2D eigenvalue weighted by Crippen LogP contribution is 2.35. The van der Waals surface area contributed by atoms with Gasteiger partial charge >= 0.3 is 0 Å². The van der Waals surface area contributed by atoms with Gasteiger partial charge in [-0.2, -0.15) is 4.98 Å². The Balaban J connectivity index is 0.815. The average Bonchev–Trinajstić information content (AvgIpc) is 3.79. The minimum Gasteiger partial charge on any atom is -0.370 e. The molecule has 2 N–H and O–H groups in total. The fourth-order valence-corrected chi connectivity index (χ4v) is 8.68. The van der Waals surface area contributed by atoms with Crippen LogP contribution >= 0.6 is 0 Å². The summed E-state index contributed by atoms with van der Waals surface area (Å²) in [6.45, 7) is 4.34. The lowest BCUT2D eigenvalue weighted by Crippen LogP contribution is -2.55. The van der Waals surface area contributed by atoms with E-state index >= 15 is 0 Å². The van der Waals surface area contributed by atoms with Gasteiger partial charge in [0.15, 0.2) is 0 Å². The van der Waals surface area contributed by atoms with Gasteiger partial charge in [0.1, 0.15) is 17.2 Å². The van der Waals surface area contributed by atoms with Gasteiger partial charge in [0.05, 0.1) is 17.8 Å². The smallest absolute Gasteiger partial charge is 0.270 e. The maximum absolute atomic E-state index is 13.1. The van der Waals surface area contributed by atoms with E-state index in [4.69, 9.17) is 9.97 Å². The molecule has 4 aliphatic rings. The van der Waals surface area contributed by atoms with E-state index < -0.39 is 0 Å². The van der Waals surface area contributed by atoms with Crippen molar-refractivity contribution >= 4 is 46.2 Å². The molecule has 4 aromatic rings. The fourth-order valence-electron chi connectivity index (χ4n) is 8.68. The van der Waals surface area contributed by atoms with Crippen molar-refractivity contribution < 1.29 is 14.4 Å². The number of hydrogen-bond donors (Lipinski definition) is 2. The molecule has 52 heavy (non-hydrogen) atoms. The molecule has 3 saturated heterocycles. The van der Waals surface area contributed by atoms with E-state index in [-0.39, 0.29) is 29.7 Å². The molecule has 1 saturated carbocycles. The average molecular weight is 704 g/mol. The van der Waals surface area contributed by atoms with Crippen LogP contribution in [0.3, 0.4) is 0 Å². The van der Waals surface area contributed by atoms with Crippen LogP contribution in [0.1, 0.15) is 91.4 Å². The van der Waals surface area contributed by atoms with Gasteiger partial charge < -0.3 is 19.7 Å². The van der Waals surface area contributed by atoms with E-state index in [0.29, 0.717) is 42.3 Å². The first-order chi connectivity index (χ1) is 25.3. The minimum absolute atomic E-state index is 0.0155. The third-order valence-electron chi connectivity index (χ3n) is 11.6. The molecule has 3 aromatic heterocycles. The molecule has 4 fully saturated rings.